The van der Waals surface area contributed by atoms with Gasteiger partial charge in [-0.2, -0.15) is 0 Å². The van der Waals surface area contributed by atoms with Crippen molar-refractivity contribution in [1.82, 2.24) is 15.0 Å². The molecule has 4 N–H and O–H groups in total. The standard InChI is InChI=1S/C23H20Cl2N4O4/c1-2-33-23(32)13-9-15(25)20-17(10-13)28-21(29-20)19-16(6-7-26-22(19)31)27-11-18(30)12-4-3-5-14(24)8-12/h3-10,18,30H,2,11H2,1H3,(H,28,29)(H2,26,27,31). The van der Waals surface area contributed by atoms with Gasteiger partial charge in [-0.1, -0.05) is 35.3 Å². The van der Waals surface area contributed by atoms with Crippen LogP contribution in [0, 0.1) is 0 Å². The van der Waals surface area contributed by atoms with Gasteiger partial charge in [-0.05, 0) is 42.8 Å². The van der Waals surface area contributed by atoms with Crippen molar-refractivity contribution < 1.29 is 14.6 Å². The molecule has 1 unspecified atom stereocenters. The van der Waals surface area contributed by atoms with E-state index in [0.29, 0.717) is 27.3 Å². The molecule has 33 heavy (non-hydrogen) atoms. The molecule has 0 aliphatic rings. The Hall–Kier alpha value is -3.33. The van der Waals surface area contributed by atoms with Gasteiger partial charge in [0.2, 0.25) is 0 Å². The fourth-order valence-corrected chi connectivity index (χ4v) is 3.89. The highest BCUT2D eigenvalue weighted by molar-refractivity contribution is 6.35. The lowest BCUT2D eigenvalue weighted by atomic mass is 10.1. The molecule has 170 valence electrons. The van der Waals surface area contributed by atoms with E-state index >= 15 is 0 Å². The van der Waals surface area contributed by atoms with E-state index in [4.69, 9.17) is 27.9 Å². The predicted octanol–water partition coefficient (Wildman–Crippen LogP) is 4.55. The summed E-state index contributed by atoms with van der Waals surface area (Å²) in [6.45, 7) is 2.08. The van der Waals surface area contributed by atoms with Crippen LogP contribution < -0.4 is 10.9 Å². The lowest BCUT2D eigenvalue weighted by Crippen LogP contribution is -2.17. The van der Waals surface area contributed by atoms with E-state index in [0.717, 1.165) is 0 Å². The Morgan fingerprint density at radius 1 is 1.24 bits per heavy atom. The largest absolute Gasteiger partial charge is 0.462 e. The summed E-state index contributed by atoms with van der Waals surface area (Å²) in [5, 5.41) is 14.4. The van der Waals surface area contributed by atoms with Crippen LogP contribution in [0.5, 0.6) is 0 Å². The number of hydrogen-bond donors (Lipinski definition) is 4. The summed E-state index contributed by atoms with van der Waals surface area (Å²) in [6, 6.07) is 11.6. The van der Waals surface area contributed by atoms with Crippen molar-refractivity contribution in [2.24, 2.45) is 0 Å². The summed E-state index contributed by atoms with van der Waals surface area (Å²) >= 11 is 12.3. The Bertz CT molecular complexity index is 1380. The van der Waals surface area contributed by atoms with E-state index in [2.05, 4.69) is 20.3 Å². The van der Waals surface area contributed by atoms with Gasteiger partial charge in [0, 0.05) is 17.8 Å². The second kappa shape index (κ2) is 9.66. The number of fused-ring (bicyclic) bond motifs is 1. The number of aliphatic hydroxyl groups is 1. The summed E-state index contributed by atoms with van der Waals surface area (Å²) < 4.78 is 5.03. The first kappa shape index (κ1) is 22.8. The number of aromatic nitrogens is 3. The van der Waals surface area contributed by atoms with Crippen LogP contribution in [-0.4, -0.2) is 39.2 Å². The molecule has 8 nitrogen and oxygen atoms in total. The SMILES string of the molecule is CCOC(=O)c1cc(Cl)c2nc(-c3c(NCC(O)c4cccc(Cl)c4)cc[nH]c3=O)[nH]c2c1. The maximum absolute atomic E-state index is 12.7. The Morgan fingerprint density at radius 3 is 2.82 bits per heavy atom. The number of carbonyl (C=O) groups is 1. The molecule has 2 aromatic carbocycles. The van der Waals surface area contributed by atoms with Gasteiger partial charge in [-0.3, -0.25) is 4.79 Å². The van der Waals surface area contributed by atoms with Crippen LogP contribution in [0.1, 0.15) is 28.9 Å². The molecule has 10 heteroatoms. The number of imidazole rings is 1. The summed E-state index contributed by atoms with van der Waals surface area (Å²) in [7, 11) is 0. The van der Waals surface area contributed by atoms with E-state index in [1.165, 1.54) is 12.3 Å². The molecule has 2 aromatic heterocycles. The Labute approximate surface area is 198 Å². The maximum atomic E-state index is 12.7. The number of H-pyrrole nitrogens is 2. The van der Waals surface area contributed by atoms with Gasteiger partial charge in [-0.25, -0.2) is 9.78 Å². The number of rotatable bonds is 7. The topological polar surface area (TPSA) is 120 Å². The van der Waals surface area contributed by atoms with Crippen LogP contribution in [0.2, 0.25) is 10.0 Å². The van der Waals surface area contributed by atoms with Crippen LogP contribution in [0.3, 0.4) is 0 Å². The number of pyridine rings is 1. The molecule has 4 rings (SSSR count). The molecule has 0 spiro atoms. The predicted molar refractivity (Wildman–Crippen MR) is 128 cm³/mol. The van der Waals surface area contributed by atoms with E-state index < -0.39 is 17.6 Å². The van der Waals surface area contributed by atoms with E-state index in [-0.39, 0.29) is 35.1 Å². The van der Waals surface area contributed by atoms with Crippen molar-refractivity contribution in [3.05, 3.63) is 80.2 Å². The fourth-order valence-electron chi connectivity index (χ4n) is 3.43. The normalized spacial score (nSPS) is 12.0. The molecule has 2 heterocycles. The molecule has 0 bridgehead atoms. The Balaban J connectivity index is 1.67. The van der Waals surface area contributed by atoms with Crippen molar-refractivity contribution in [1.29, 1.82) is 0 Å². The lowest BCUT2D eigenvalue weighted by molar-refractivity contribution is 0.0526. The number of halogens is 2. The molecule has 0 radical (unpaired) electrons. The first-order valence-corrected chi connectivity index (χ1v) is 10.9. The molecule has 0 amide bonds. The minimum Gasteiger partial charge on any atom is -0.462 e. The molecule has 0 saturated heterocycles. The maximum Gasteiger partial charge on any atom is 0.338 e. The quantitative estimate of drug-likeness (QED) is 0.284. The van der Waals surface area contributed by atoms with Gasteiger partial charge >= 0.3 is 5.97 Å². The third-order valence-corrected chi connectivity index (χ3v) is 5.49. The highest BCUT2D eigenvalue weighted by Gasteiger charge is 2.19. The van der Waals surface area contributed by atoms with Crippen LogP contribution in [-0.2, 0) is 4.74 Å². The molecule has 4 aromatic rings. The number of hydrogen-bond acceptors (Lipinski definition) is 6. The van der Waals surface area contributed by atoms with Crippen LogP contribution >= 0.6 is 23.2 Å². The van der Waals surface area contributed by atoms with Crippen LogP contribution in [0.15, 0.2) is 53.5 Å². The number of carbonyl (C=O) groups excluding carboxylic acids is 1. The zero-order valence-electron chi connectivity index (χ0n) is 17.5. The Morgan fingerprint density at radius 2 is 2.06 bits per heavy atom. The van der Waals surface area contributed by atoms with Gasteiger partial charge in [0.15, 0.2) is 0 Å². The van der Waals surface area contributed by atoms with Crippen molar-refractivity contribution >= 4 is 45.9 Å². The molecular weight excluding hydrogens is 467 g/mol. The highest BCUT2D eigenvalue weighted by atomic mass is 35.5. The smallest absolute Gasteiger partial charge is 0.338 e. The number of aliphatic hydroxyl groups excluding tert-OH is 1. The van der Waals surface area contributed by atoms with Gasteiger partial charge < -0.3 is 25.1 Å². The summed E-state index contributed by atoms with van der Waals surface area (Å²) in [4.78, 5) is 34.9. The number of nitrogens with one attached hydrogen (secondary N) is 3. The minimum atomic E-state index is -0.854. The average Bonchev–Trinajstić information content (AvgIpc) is 3.22. The highest BCUT2D eigenvalue weighted by Crippen LogP contribution is 2.29. The number of anilines is 1. The number of benzene rings is 2. The molecule has 0 aliphatic carbocycles. The van der Waals surface area contributed by atoms with Crippen molar-refractivity contribution in [2.75, 3.05) is 18.5 Å². The van der Waals surface area contributed by atoms with Crippen molar-refractivity contribution in [3.63, 3.8) is 0 Å². The first-order valence-electron chi connectivity index (χ1n) is 10.1. The van der Waals surface area contributed by atoms with Crippen molar-refractivity contribution in [3.8, 4) is 11.4 Å². The zero-order valence-corrected chi connectivity index (χ0v) is 19.0. The van der Waals surface area contributed by atoms with Crippen molar-refractivity contribution in [2.45, 2.75) is 13.0 Å². The van der Waals surface area contributed by atoms with E-state index in [9.17, 15) is 14.7 Å². The summed E-state index contributed by atoms with van der Waals surface area (Å²) in [5.74, 6) is -0.248. The molecule has 0 fully saturated rings. The Kier molecular flexibility index (Phi) is 6.69. The van der Waals surface area contributed by atoms with Gasteiger partial charge in [0.1, 0.15) is 16.9 Å². The van der Waals surface area contributed by atoms with Gasteiger partial charge in [0.05, 0.1) is 34.5 Å². The number of aromatic amines is 2. The molecular formula is C23H20Cl2N4O4. The lowest BCUT2D eigenvalue weighted by Gasteiger charge is -2.15. The zero-order chi connectivity index (χ0) is 23.5. The van der Waals surface area contributed by atoms with Gasteiger partial charge in [0.25, 0.3) is 5.56 Å². The number of nitrogens with zero attached hydrogens (tertiary/aromatic N) is 1. The third kappa shape index (κ3) is 4.88. The van der Waals surface area contributed by atoms with Crippen LogP contribution in [0.25, 0.3) is 22.4 Å². The molecule has 1 atom stereocenters. The van der Waals surface area contributed by atoms with E-state index in [1.807, 2.05) is 0 Å². The average molecular weight is 487 g/mol. The summed E-state index contributed by atoms with van der Waals surface area (Å²) in [5.41, 5.74) is 2.11. The third-order valence-electron chi connectivity index (χ3n) is 4.97. The summed E-state index contributed by atoms with van der Waals surface area (Å²) in [6.07, 6.45) is 0.641. The number of ether oxygens (including phenoxy) is 1. The molecule has 0 aliphatic heterocycles. The van der Waals surface area contributed by atoms with E-state index in [1.54, 1.807) is 43.3 Å². The first-order chi connectivity index (χ1) is 15.9. The molecule has 0 saturated carbocycles. The second-order valence-corrected chi connectivity index (χ2v) is 8.05. The monoisotopic (exact) mass is 486 g/mol. The fraction of sp³-hybridized carbons (Fsp3) is 0.174. The second-order valence-electron chi connectivity index (χ2n) is 7.21. The number of esters is 1. The van der Waals surface area contributed by atoms with Crippen LogP contribution in [0.4, 0.5) is 5.69 Å². The minimum absolute atomic E-state index is 0.130. The van der Waals surface area contributed by atoms with Gasteiger partial charge in [-0.15, -0.1) is 0 Å².